The summed E-state index contributed by atoms with van der Waals surface area (Å²) in [5.74, 6) is -2.13. The monoisotopic (exact) mass is 343 g/mol. The Labute approximate surface area is 130 Å². The fraction of sp³-hybridized carbons (Fsp3) is 0.429. The Bertz CT molecular complexity index is 893. The quantitative estimate of drug-likeness (QED) is 0.859. The Kier molecular flexibility index (Phi) is 3.06. The Hall–Kier alpha value is -1.90. The van der Waals surface area contributed by atoms with Crippen molar-refractivity contribution < 1.29 is 21.6 Å². The second-order valence-corrected chi connectivity index (χ2v) is 7.96. The van der Waals surface area contributed by atoms with Gasteiger partial charge < -0.3 is 0 Å². The molecule has 1 aliphatic heterocycles. The number of hydrogen-bond donors (Lipinski definition) is 0. The van der Waals surface area contributed by atoms with Crippen LogP contribution in [-0.4, -0.2) is 28.4 Å². The van der Waals surface area contributed by atoms with Gasteiger partial charge in [0.25, 0.3) is 5.16 Å². The second kappa shape index (κ2) is 4.80. The van der Waals surface area contributed by atoms with E-state index in [0.717, 1.165) is 12.1 Å². The molecule has 2 aliphatic rings. The van der Waals surface area contributed by atoms with E-state index in [1.807, 2.05) is 0 Å². The van der Waals surface area contributed by atoms with Gasteiger partial charge in [-0.15, -0.1) is 5.10 Å². The molecular weight excluding hydrogens is 331 g/mol. The zero-order chi connectivity index (χ0) is 16.4. The third-order valence-electron chi connectivity index (χ3n) is 4.19. The summed E-state index contributed by atoms with van der Waals surface area (Å²) in [5.41, 5.74) is 0.325. The molecule has 23 heavy (non-hydrogen) atoms. The van der Waals surface area contributed by atoms with Gasteiger partial charge in [0.15, 0.2) is 23.6 Å². The van der Waals surface area contributed by atoms with Crippen molar-refractivity contribution in [1.82, 2.24) is 14.8 Å². The zero-order valence-corrected chi connectivity index (χ0v) is 12.6. The van der Waals surface area contributed by atoms with Gasteiger partial charge in [0, 0.05) is 6.42 Å². The summed E-state index contributed by atoms with van der Waals surface area (Å²) < 4.78 is 66.1. The molecule has 5 nitrogen and oxygen atoms in total. The van der Waals surface area contributed by atoms with E-state index in [0.29, 0.717) is 18.4 Å². The number of hydrogen-bond acceptors (Lipinski definition) is 4. The smallest absolute Gasteiger partial charge is 0.239 e. The van der Waals surface area contributed by atoms with Crippen molar-refractivity contribution >= 4 is 9.84 Å². The van der Waals surface area contributed by atoms with E-state index in [-0.39, 0.29) is 17.4 Å². The van der Waals surface area contributed by atoms with Gasteiger partial charge in [0.05, 0.1) is 11.3 Å². The summed E-state index contributed by atoms with van der Waals surface area (Å²) in [6, 6.07) is 2.56. The molecule has 1 aliphatic carbocycles. The first kappa shape index (κ1) is 14.7. The van der Waals surface area contributed by atoms with Crippen molar-refractivity contribution in [3.8, 4) is 0 Å². The molecule has 122 valence electrons. The number of alkyl halides is 1. The predicted octanol–water partition coefficient (Wildman–Crippen LogP) is 2.50. The van der Waals surface area contributed by atoms with E-state index in [1.54, 1.807) is 0 Å². The number of sulfone groups is 1. The third-order valence-corrected chi connectivity index (χ3v) is 6.22. The largest absolute Gasteiger partial charge is 0.267 e. The van der Waals surface area contributed by atoms with Gasteiger partial charge in [-0.3, -0.25) is 0 Å². The van der Waals surface area contributed by atoms with Crippen LogP contribution in [0.3, 0.4) is 0 Å². The lowest BCUT2D eigenvalue weighted by Gasteiger charge is -2.12. The maximum atomic E-state index is 14.2. The molecule has 1 aromatic heterocycles. The minimum Gasteiger partial charge on any atom is -0.239 e. The lowest BCUT2D eigenvalue weighted by Crippen LogP contribution is -2.12. The van der Waals surface area contributed by atoms with Crippen molar-refractivity contribution in [3.63, 3.8) is 0 Å². The molecule has 0 N–H and O–H groups in total. The Morgan fingerprint density at radius 2 is 1.91 bits per heavy atom. The van der Waals surface area contributed by atoms with Crippen molar-refractivity contribution in [2.75, 3.05) is 0 Å². The molecule has 1 aromatic carbocycles. The van der Waals surface area contributed by atoms with E-state index in [4.69, 9.17) is 0 Å². The molecule has 0 saturated heterocycles. The summed E-state index contributed by atoms with van der Waals surface area (Å²) in [4.78, 5) is 3.84. The average molecular weight is 343 g/mol. The highest BCUT2D eigenvalue weighted by molar-refractivity contribution is 7.92. The predicted molar refractivity (Wildman–Crippen MR) is 73.2 cm³/mol. The maximum absolute atomic E-state index is 14.2. The second-order valence-electron chi connectivity index (χ2n) is 5.83. The highest BCUT2D eigenvalue weighted by atomic mass is 32.2. The first-order valence-corrected chi connectivity index (χ1v) is 8.72. The average Bonchev–Trinajstić information content (AvgIpc) is 3.19. The number of rotatable bonds is 3. The minimum atomic E-state index is -3.63. The van der Waals surface area contributed by atoms with Crippen LogP contribution in [0.25, 0.3) is 0 Å². The fourth-order valence-electron chi connectivity index (χ4n) is 2.80. The van der Waals surface area contributed by atoms with E-state index in [9.17, 15) is 21.6 Å². The molecule has 1 fully saturated rings. The molecule has 2 aromatic rings. The number of aromatic nitrogens is 3. The zero-order valence-electron chi connectivity index (χ0n) is 11.8. The number of fused-ring (bicyclic) bond motifs is 1. The summed E-state index contributed by atoms with van der Waals surface area (Å²) in [7, 11) is -3.63. The van der Waals surface area contributed by atoms with Crippen LogP contribution in [0.15, 0.2) is 23.4 Å². The molecule has 4 rings (SSSR count). The Balaban J connectivity index is 1.77. The van der Waals surface area contributed by atoms with Crippen molar-refractivity contribution in [2.24, 2.45) is 0 Å². The van der Waals surface area contributed by atoms with Crippen molar-refractivity contribution in [3.05, 3.63) is 41.2 Å². The first-order chi connectivity index (χ1) is 10.9. The van der Waals surface area contributed by atoms with Gasteiger partial charge in [-0.2, -0.15) is 4.98 Å². The first-order valence-electron chi connectivity index (χ1n) is 7.17. The molecule has 1 saturated carbocycles. The molecule has 9 heteroatoms. The number of nitrogens with zero attached hydrogens (tertiary/aromatic N) is 3. The van der Waals surface area contributed by atoms with Gasteiger partial charge in [-0.05, 0) is 30.5 Å². The summed E-state index contributed by atoms with van der Waals surface area (Å²) in [5, 5.41) is 3.07. The topological polar surface area (TPSA) is 64.8 Å². The molecule has 2 unspecified atom stereocenters. The van der Waals surface area contributed by atoms with Crippen LogP contribution in [0.2, 0.25) is 0 Å². The lowest BCUT2D eigenvalue weighted by molar-refractivity contribution is 0.326. The molecule has 0 bridgehead atoms. The number of benzene rings is 1. The van der Waals surface area contributed by atoms with E-state index >= 15 is 0 Å². The van der Waals surface area contributed by atoms with Crippen LogP contribution in [0.1, 0.15) is 42.9 Å². The summed E-state index contributed by atoms with van der Waals surface area (Å²) in [6.45, 7) is 0. The SMILES string of the molecule is O=S(=O)(c1nc2n(n1)C(c1ccc(F)c(F)c1)CC2F)C1CC1. The van der Waals surface area contributed by atoms with Crippen LogP contribution >= 0.6 is 0 Å². The molecule has 0 amide bonds. The third kappa shape index (κ3) is 2.25. The standard InChI is InChI=1S/C14H12F3N3O2S/c15-9-4-1-7(5-10(9)16)12-6-11(17)13-18-14(19-20(12)13)23(21,22)8-2-3-8/h1,4-5,8,11-12H,2-3,6H2. The summed E-state index contributed by atoms with van der Waals surface area (Å²) in [6.07, 6.45) is -0.427. The van der Waals surface area contributed by atoms with Crippen LogP contribution in [-0.2, 0) is 9.84 Å². The molecule has 2 heterocycles. The van der Waals surface area contributed by atoms with Crippen LogP contribution in [0.4, 0.5) is 13.2 Å². The summed E-state index contributed by atoms with van der Waals surface area (Å²) >= 11 is 0. The lowest BCUT2D eigenvalue weighted by atomic mass is 10.0. The highest BCUT2D eigenvalue weighted by Gasteiger charge is 2.43. The van der Waals surface area contributed by atoms with E-state index < -0.39 is 38.9 Å². The van der Waals surface area contributed by atoms with Gasteiger partial charge in [0.2, 0.25) is 9.84 Å². The molecular formula is C14H12F3N3O2S. The minimum absolute atomic E-state index is 0.0375. The molecule has 2 atom stereocenters. The normalized spacial score (nSPS) is 24.0. The molecule has 0 spiro atoms. The van der Waals surface area contributed by atoms with Gasteiger partial charge in [0.1, 0.15) is 0 Å². The van der Waals surface area contributed by atoms with Crippen LogP contribution in [0.5, 0.6) is 0 Å². The number of halogens is 3. The van der Waals surface area contributed by atoms with E-state index in [2.05, 4.69) is 10.1 Å². The van der Waals surface area contributed by atoms with Gasteiger partial charge in [-0.1, -0.05) is 6.07 Å². The Morgan fingerprint density at radius 3 is 2.57 bits per heavy atom. The van der Waals surface area contributed by atoms with Crippen LogP contribution < -0.4 is 0 Å². The van der Waals surface area contributed by atoms with Crippen LogP contribution in [0, 0.1) is 11.6 Å². The highest BCUT2D eigenvalue weighted by Crippen LogP contribution is 2.41. The maximum Gasteiger partial charge on any atom is 0.267 e. The van der Waals surface area contributed by atoms with Crippen molar-refractivity contribution in [1.29, 1.82) is 0 Å². The Morgan fingerprint density at radius 1 is 1.17 bits per heavy atom. The van der Waals surface area contributed by atoms with E-state index in [1.165, 1.54) is 10.7 Å². The van der Waals surface area contributed by atoms with Gasteiger partial charge >= 0.3 is 0 Å². The molecule has 0 radical (unpaired) electrons. The van der Waals surface area contributed by atoms with Crippen molar-refractivity contribution in [2.45, 2.75) is 41.9 Å². The fourth-order valence-corrected chi connectivity index (χ4v) is 4.28. The van der Waals surface area contributed by atoms with Gasteiger partial charge in [-0.25, -0.2) is 26.3 Å².